The zero-order chi connectivity index (χ0) is 15.9. The average Bonchev–Trinajstić information content (AvgIpc) is 2.50. The summed E-state index contributed by atoms with van der Waals surface area (Å²) in [5.41, 5.74) is 1.25. The quantitative estimate of drug-likeness (QED) is 0.830. The van der Waals surface area contributed by atoms with Crippen LogP contribution in [0.4, 0.5) is 0 Å². The van der Waals surface area contributed by atoms with E-state index in [0.717, 1.165) is 36.8 Å². The lowest BCUT2D eigenvalue weighted by Crippen LogP contribution is -2.51. The topological polar surface area (TPSA) is 32.3 Å². The van der Waals surface area contributed by atoms with Gasteiger partial charge in [0, 0.05) is 10.5 Å². The molecule has 22 heavy (non-hydrogen) atoms. The number of nitrogens with zero attached hydrogens (tertiary/aromatic N) is 1. The monoisotopic (exact) mass is 366 g/mol. The molecule has 4 heteroatoms. The lowest BCUT2D eigenvalue weighted by atomic mass is 10.00. The van der Waals surface area contributed by atoms with Gasteiger partial charge in [-0.15, -0.1) is 0 Å². The van der Waals surface area contributed by atoms with Crippen LogP contribution < -0.4 is 5.32 Å². The number of benzene rings is 1. The van der Waals surface area contributed by atoms with Crippen LogP contribution in [0.5, 0.6) is 0 Å². The fourth-order valence-corrected chi connectivity index (χ4v) is 3.47. The Kier molecular flexibility index (Phi) is 6.90. The van der Waals surface area contributed by atoms with Gasteiger partial charge >= 0.3 is 0 Å². The van der Waals surface area contributed by atoms with Crippen LogP contribution in [0, 0.1) is 0 Å². The van der Waals surface area contributed by atoms with Gasteiger partial charge in [0.1, 0.15) is 0 Å². The molecule has 2 atom stereocenters. The molecule has 0 radical (unpaired) electrons. The van der Waals surface area contributed by atoms with E-state index in [0.29, 0.717) is 0 Å². The molecule has 1 amide bonds. The normalized spacial score (nSPS) is 20.6. The number of halogens is 1. The Morgan fingerprint density at radius 1 is 1.36 bits per heavy atom. The van der Waals surface area contributed by atoms with Gasteiger partial charge in [0.25, 0.3) is 0 Å². The van der Waals surface area contributed by atoms with Crippen molar-refractivity contribution in [1.82, 2.24) is 10.2 Å². The van der Waals surface area contributed by atoms with Crippen LogP contribution in [-0.4, -0.2) is 36.0 Å². The summed E-state index contributed by atoms with van der Waals surface area (Å²) in [6.45, 7) is 6.36. The molecular formula is C18H27BrN2O. The molecule has 122 valence electrons. The SMILES string of the molecule is CCCN1CCCCC1C(=O)NC(C)Cc1ccc(Br)cc1. The molecule has 1 aliphatic heterocycles. The van der Waals surface area contributed by atoms with E-state index in [-0.39, 0.29) is 18.0 Å². The first-order valence-corrected chi connectivity index (χ1v) is 9.18. The molecule has 2 unspecified atom stereocenters. The molecule has 1 saturated heterocycles. The number of nitrogens with one attached hydrogen (secondary N) is 1. The van der Waals surface area contributed by atoms with Crippen LogP contribution in [0.3, 0.4) is 0 Å². The van der Waals surface area contributed by atoms with Crippen molar-refractivity contribution in [2.24, 2.45) is 0 Å². The molecule has 1 aromatic rings. The molecule has 1 aromatic carbocycles. The third kappa shape index (κ3) is 5.10. The number of likely N-dealkylation sites (tertiary alicyclic amines) is 1. The fourth-order valence-electron chi connectivity index (χ4n) is 3.21. The number of carbonyl (C=O) groups is 1. The minimum atomic E-state index is 0.0704. The number of amides is 1. The van der Waals surface area contributed by atoms with E-state index in [4.69, 9.17) is 0 Å². The number of rotatable bonds is 6. The van der Waals surface area contributed by atoms with E-state index in [9.17, 15) is 4.79 Å². The van der Waals surface area contributed by atoms with Crippen molar-refractivity contribution < 1.29 is 4.79 Å². The molecule has 0 aliphatic carbocycles. The van der Waals surface area contributed by atoms with Gasteiger partial charge in [-0.3, -0.25) is 9.69 Å². The van der Waals surface area contributed by atoms with Gasteiger partial charge in [-0.2, -0.15) is 0 Å². The number of carbonyl (C=O) groups excluding carboxylic acids is 1. The Hall–Kier alpha value is -0.870. The first kappa shape index (κ1) is 17.5. The Labute approximate surface area is 142 Å². The van der Waals surface area contributed by atoms with Crippen molar-refractivity contribution in [2.75, 3.05) is 13.1 Å². The minimum absolute atomic E-state index is 0.0704. The van der Waals surface area contributed by atoms with Crippen LogP contribution in [0.2, 0.25) is 0 Å². The highest BCUT2D eigenvalue weighted by Gasteiger charge is 2.28. The van der Waals surface area contributed by atoms with Gasteiger partial charge in [-0.25, -0.2) is 0 Å². The fraction of sp³-hybridized carbons (Fsp3) is 0.611. The Morgan fingerprint density at radius 3 is 2.77 bits per heavy atom. The van der Waals surface area contributed by atoms with Crippen molar-refractivity contribution in [2.45, 2.75) is 58.0 Å². The smallest absolute Gasteiger partial charge is 0.237 e. The van der Waals surface area contributed by atoms with Crippen molar-refractivity contribution in [3.8, 4) is 0 Å². The van der Waals surface area contributed by atoms with E-state index in [2.05, 4.69) is 52.1 Å². The molecule has 0 aromatic heterocycles. The van der Waals surface area contributed by atoms with E-state index in [1.54, 1.807) is 0 Å². The Morgan fingerprint density at radius 2 is 2.09 bits per heavy atom. The standard InChI is InChI=1S/C18H27BrN2O/c1-3-11-21-12-5-4-6-17(21)18(22)20-14(2)13-15-7-9-16(19)10-8-15/h7-10,14,17H,3-6,11-13H2,1-2H3,(H,20,22). The predicted molar refractivity (Wildman–Crippen MR) is 95.0 cm³/mol. The lowest BCUT2D eigenvalue weighted by Gasteiger charge is -2.35. The summed E-state index contributed by atoms with van der Waals surface area (Å²) in [5.74, 6) is 0.206. The summed E-state index contributed by atoms with van der Waals surface area (Å²) < 4.78 is 1.09. The first-order valence-electron chi connectivity index (χ1n) is 8.39. The molecule has 1 N–H and O–H groups in total. The summed E-state index contributed by atoms with van der Waals surface area (Å²) in [6, 6.07) is 8.55. The van der Waals surface area contributed by atoms with Crippen molar-refractivity contribution in [3.05, 3.63) is 34.3 Å². The van der Waals surface area contributed by atoms with Crippen molar-refractivity contribution in [3.63, 3.8) is 0 Å². The van der Waals surface area contributed by atoms with E-state index in [1.807, 2.05) is 12.1 Å². The average molecular weight is 367 g/mol. The van der Waals surface area contributed by atoms with E-state index >= 15 is 0 Å². The summed E-state index contributed by atoms with van der Waals surface area (Å²) >= 11 is 3.45. The highest BCUT2D eigenvalue weighted by atomic mass is 79.9. The second kappa shape index (κ2) is 8.68. The summed E-state index contributed by atoms with van der Waals surface area (Å²) in [6.07, 6.45) is 5.37. The molecule has 0 spiro atoms. The largest absolute Gasteiger partial charge is 0.352 e. The molecule has 0 saturated carbocycles. The number of hydrogen-bond acceptors (Lipinski definition) is 2. The molecule has 1 aliphatic rings. The van der Waals surface area contributed by atoms with E-state index in [1.165, 1.54) is 18.4 Å². The van der Waals surface area contributed by atoms with E-state index < -0.39 is 0 Å². The molecule has 2 rings (SSSR count). The van der Waals surface area contributed by atoms with Crippen LogP contribution in [0.1, 0.15) is 45.1 Å². The second-order valence-electron chi connectivity index (χ2n) is 6.29. The molecule has 1 fully saturated rings. The maximum atomic E-state index is 12.6. The van der Waals surface area contributed by atoms with Gasteiger partial charge in [0.05, 0.1) is 6.04 Å². The van der Waals surface area contributed by atoms with Crippen LogP contribution in [0.15, 0.2) is 28.7 Å². The van der Waals surface area contributed by atoms with Crippen LogP contribution >= 0.6 is 15.9 Å². The lowest BCUT2D eigenvalue weighted by molar-refractivity contribution is -0.128. The first-order chi connectivity index (χ1) is 10.6. The van der Waals surface area contributed by atoms with Gasteiger partial charge < -0.3 is 5.32 Å². The van der Waals surface area contributed by atoms with Gasteiger partial charge in [0.15, 0.2) is 0 Å². The molecular weight excluding hydrogens is 340 g/mol. The highest BCUT2D eigenvalue weighted by Crippen LogP contribution is 2.18. The molecule has 1 heterocycles. The van der Waals surface area contributed by atoms with Crippen molar-refractivity contribution in [1.29, 1.82) is 0 Å². The third-order valence-electron chi connectivity index (χ3n) is 4.27. The maximum absolute atomic E-state index is 12.6. The molecule has 3 nitrogen and oxygen atoms in total. The maximum Gasteiger partial charge on any atom is 0.237 e. The van der Waals surface area contributed by atoms with Gasteiger partial charge in [-0.05, 0) is 63.4 Å². The zero-order valence-corrected chi connectivity index (χ0v) is 15.2. The predicted octanol–water partition coefficient (Wildman–Crippen LogP) is 3.76. The molecule has 0 bridgehead atoms. The van der Waals surface area contributed by atoms with Gasteiger partial charge in [-0.1, -0.05) is 41.4 Å². The number of hydrogen-bond donors (Lipinski definition) is 1. The van der Waals surface area contributed by atoms with Crippen LogP contribution in [-0.2, 0) is 11.2 Å². The van der Waals surface area contributed by atoms with Crippen LogP contribution in [0.25, 0.3) is 0 Å². The highest BCUT2D eigenvalue weighted by molar-refractivity contribution is 9.10. The van der Waals surface area contributed by atoms with Crippen molar-refractivity contribution >= 4 is 21.8 Å². The van der Waals surface area contributed by atoms with Gasteiger partial charge in [0.2, 0.25) is 5.91 Å². The third-order valence-corrected chi connectivity index (χ3v) is 4.80. The summed E-state index contributed by atoms with van der Waals surface area (Å²) in [7, 11) is 0. The summed E-state index contributed by atoms with van der Waals surface area (Å²) in [4.78, 5) is 14.9. The zero-order valence-electron chi connectivity index (χ0n) is 13.6. The number of piperidine rings is 1. The minimum Gasteiger partial charge on any atom is -0.352 e. The Bertz CT molecular complexity index is 472. The Balaban J connectivity index is 1.87. The summed E-state index contributed by atoms with van der Waals surface area (Å²) in [5, 5.41) is 3.21. The second-order valence-corrected chi connectivity index (χ2v) is 7.20.